The van der Waals surface area contributed by atoms with E-state index in [1.807, 2.05) is 0 Å². The Morgan fingerprint density at radius 1 is 0.903 bits per heavy atom. The Morgan fingerprint density at radius 2 is 1.55 bits per heavy atom. The van der Waals surface area contributed by atoms with E-state index >= 15 is 0 Å². The summed E-state index contributed by atoms with van der Waals surface area (Å²) in [7, 11) is 0. The summed E-state index contributed by atoms with van der Waals surface area (Å²) < 4.78 is 10.8. The van der Waals surface area contributed by atoms with Gasteiger partial charge in [0.2, 0.25) is 0 Å². The molecule has 1 heterocycles. The first kappa shape index (κ1) is 19.8. The Balaban J connectivity index is 1.64. The number of benzene rings is 3. The van der Waals surface area contributed by atoms with E-state index in [-0.39, 0.29) is 34.0 Å². The van der Waals surface area contributed by atoms with Crippen LogP contribution in [-0.2, 0) is 4.79 Å². The number of nitro groups is 1. The van der Waals surface area contributed by atoms with Crippen LogP contribution in [0.1, 0.15) is 27.6 Å². The molecule has 9 heteroatoms. The first-order chi connectivity index (χ1) is 14.8. The highest BCUT2D eigenvalue weighted by Gasteiger charge is 2.38. The van der Waals surface area contributed by atoms with Crippen molar-refractivity contribution in [3.05, 3.63) is 88.0 Å². The second-order valence-electron chi connectivity index (χ2n) is 6.57. The molecule has 0 fully saturated rings. The van der Waals surface area contributed by atoms with Crippen molar-refractivity contribution in [3.8, 4) is 17.2 Å². The summed E-state index contributed by atoms with van der Waals surface area (Å²) in [4.78, 5) is 48.4. The van der Waals surface area contributed by atoms with Crippen molar-refractivity contribution in [1.29, 1.82) is 0 Å². The number of ether oxygens (including phenoxy) is 2. The topological polar surface area (TPSA) is 116 Å². The third-order valence-corrected chi connectivity index (χ3v) is 4.50. The van der Waals surface area contributed by atoms with Crippen molar-refractivity contribution in [2.45, 2.75) is 6.92 Å². The average Bonchev–Trinajstić information content (AvgIpc) is 2.98. The normalized spacial score (nSPS) is 12.5. The van der Waals surface area contributed by atoms with Crippen LogP contribution in [0.4, 0.5) is 11.4 Å². The Kier molecular flexibility index (Phi) is 4.92. The summed E-state index contributed by atoms with van der Waals surface area (Å²) in [6, 6.07) is 16.1. The maximum atomic E-state index is 13.0. The lowest BCUT2D eigenvalue weighted by atomic mass is 10.1. The molecule has 2 amide bonds. The Hall–Kier alpha value is -4.53. The quantitative estimate of drug-likeness (QED) is 0.201. The highest BCUT2D eigenvalue weighted by atomic mass is 16.6. The van der Waals surface area contributed by atoms with Crippen LogP contribution >= 0.6 is 0 Å². The zero-order valence-corrected chi connectivity index (χ0v) is 16.1. The lowest BCUT2D eigenvalue weighted by molar-refractivity contribution is -0.384. The van der Waals surface area contributed by atoms with E-state index in [0.717, 1.165) is 4.90 Å². The molecule has 0 radical (unpaired) electrons. The van der Waals surface area contributed by atoms with E-state index < -0.39 is 22.7 Å². The number of carbonyl (C=O) groups excluding carboxylic acids is 3. The second-order valence-corrected chi connectivity index (χ2v) is 6.57. The van der Waals surface area contributed by atoms with Crippen LogP contribution in [-0.4, -0.2) is 22.7 Å². The van der Waals surface area contributed by atoms with Crippen LogP contribution in [0.2, 0.25) is 0 Å². The lowest BCUT2D eigenvalue weighted by Crippen LogP contribution is -2.30. The van der Waals surface area contributed by atoms with Crippen molar-refractivity contribution in [3.63, 3.8) is 0 Å². The van der Waals surface area contributed by atoms with Crippen LogP contribution in [0, 0.1) is 10.1 Å². The van der Waals surface area contributed by atoms with Gasteiger partial charge < -0.3 is 9.47 Å². The SMILES string of the molecule is CC(=O)Oc1ccccc1N1C(=O)c2ccc(Oc3ccc([N+](=O)[O-])cc3)cc2C1=O. The molecule has 0 unspecified atom stereocenters. The summed E-state index contributed by atoms with van der Waals surface area (Å²) in [5, 5.41) is 10.8. The molecule has 0 bridgehead atoms. The van der Waals surface area contributed by atoms with Gasteiger partial charge in [-0.15, -0.1) is 0 Å². The molecule has 1 aliphatic heterocycles. The minimum Gasteiger partial charge on any atom is -0.457 e. The van der Waals surface area contributed by atoms with Crippen molar-refractivity contribution < 1.29 is 28.8 Å². The van der Waals surface area contributed by atoms with Gasteiger partial charge in [-0.05, 0) is 42.5 Å². The molecule has 1 aliphatic rings. The zero-order chi connectivity index (χ0) is 22.1. The molecule has 154 valence electrons. The smallest absolute Gasteiger partial charge is 0.308 e. The van der Waals surface area contributed by atoms with Gasteiger partial charge in [-0.1, -0.05) is 12.1 Å². The van der Waals surface area contributed by atoms with Gasteiger partial charge >= 0.3 is 5.97 Å². The van der Waals surface area contributed by atoms with E-state index in [2.05, 4.69) is 0 Å². The number of anilines is 1. The third-order valence-electron chi connectivity index (χ3n) is 4.50. The third kappa shape index (κ3) is 3.71. The Bertz CT molecular complexity index is 1230. The van der Waals surface area contributed by atoms with E-state index in [4.69, 9.17) is 9.47 Å². The number of imide groups is 1. The fraction of sp³-hybridized carbons (Fsp3) is 0.0455. The van der Waals surface area contributed by atoms with Gasteiger partial charge in [0.1, 0.15) is 11.5 Å². The van der Waals surface area contributed by atoms with E-state index in [0.29, 0.717) is 5.75 Å². The number of esters is 1. The van der Waals surface area contributed by atoms with Gasteiger partial charge in [-0.2, -0.15) is 0 Å². The number of para-hydroxylation sites is 2. The van der Waals surface area contributed by atoms with Crippen molar-refractivity contribution in [1.82, 2.24) is 0 Å². The van der Waals surface area contributed by atoms with Gasteiger partial charge in [-0.25, -0.2) is 4.90 Å². The molecule has 3 aromatic carbocycles. The number of nitro benzene ring substituents is 1. The molecule has 0 saturated heterocycles. The van der Waals surface area contributed by atoms with Crippen LogP contribution in [0.5, 0.6) is 17.2 Å². The Morgan fingerprint density at radius 3 is 2.23 bits per heavy atom. The van der Waals surface area contributed by atoms with E-state index in [9.17, 15) is 24.5 Å². The molecule has 0 spiro atoms. The molecule has 0 N–H and O–H groups in total. The predicted octanol–water partition coefficient (Wildman–Crippen LogP) is 4.11. The number of hydrogen-bond acceptors (Lipinski definition) is 7. The number of non-ortho nitro benzene ring substituents is 1. The number of nitrogens with zero attached hydrogens (tertiary/aromatic N) is 2. The molecule has 0 aromatic heterocycles. The highest BCUT2D eigenvalue weighted by Crippen LogP contribution is 2.36. The molecular weight excluding hydrogens is 404 g/mol. The number of fused-ring (bicyclic) bond motifs is 1. The van der Waals surface area contributed by atoms with Gasteiger partial charge in [0.25, 0.3) is 17.5 Å². The summed E-state index contributed by atoms with van der Waals surface area (Å²) >= 11 is 0. The van der Waals surface area contributed by atoms with Crippen molar-refractivity contribution >= 4 is 29.2 Å². The molecule has 31 heavy (non-hydrogen) atoms. The molecule has 0 aliphatic carbocycles. The maximum absolute atomic E-state index is 13.0. The van der Waals surface area contributed by atoms with Crippen LogP contribution in [0.15, 0.2) is 66.7 Å². The van der Waals surface area contributed by atoms with Gasteiger partial charge in [0.05, 0.1) is 21.7 Å². The van der Waals surface area contributed by atoms with Crippen molar-refractivity contribution in [2.24, 2.45) is 0 Å². The fourth-order valence-corrected chi connectivity index (χ4v) is 3.16. The van der Waals surface area contributed by atoms with Crippen LogP contribution in [0.25, 0.3) is 0 Å². The number of hydrogen-bond donors (Lipinski definition) is 0. The standard InChI is InChI=1S/C22H14N2O7/c1-13(25)30-20-5-3-2-4-19(20)23-21(26)17-11-10-16(12-18(17)22(23)27)31-15-8-6-14(7-9-15)24(28)29/h2-12H,1H3. The van der Waals surface area contributed by atoms with Gasteiger partial charge in [0, 0.05) is 19.1 Å². The minimum absolute atomic E-state index is 0.0795. The molecule has 0 atom stereocenters. The molecule has 3 aromatic rings. The first-order valence-corrected chi connectivity index (χ1v) is 9.08. The number of amides is 2. The largest absolute Gasteiger partial charge is 0.457 e. The summed E-state index contributed by atoms with van der Waals surface area (Å²) in [5.74, 6) is -1.02. The minimum atomic E-state index is -0.589. The molecule has 0 saturated carbocycles. The van der Waals surface area contributed by atoms with E-state index in [1.54, 1.807) is 12.1 Å². The van der Waals surface area contributed by atoms with Crippen LogP contribution in [0.3, 0.4) is 0 Å². The number of carbonyl (C=O) groups is 3. The zero-order valence-electron chi connectivity index (χ0n) is 16.1. The molecular formula is C22H14N2O7. The monoisotopic (exact) mass is 418 g/mol. The van der Waals surface area contributed by atoms with Crippen molar-refractivity contribution in [2.75, 3.05) is 4.90 Å². The summed E-state index contributed by atoms with van der Waals surface area (Å²) in [6.45, 7) is 1.22. The fourth-order valence-electron chi connectivity index (χ4n) is 3.16. The Labute approximate surface area is 175 Å². The van der Waals surface area contributed by atoms with Gasteiger partial charge in [0.15, 0.2) is 5.75 Å². The maximum Gasteiger partial charge on any atom is 0.308 e. The predicted molar refractivity (Wildman–Crippen MR) is 109 cm³/mol. The van der Waals surface area contributed by atoms with Gasteiger partial charge in [-0.3, -0.25) is 24.5 Å². The lowest BCUT2D eigenvalue weighted by Gasteiger charge is -2.17. The molecule has 4 rings (SSSR count). The molecule has 9 nitrogen and oxygen atoms in total. The van der Waals surface area contributed by atoms with E-state index in [1.165, 1.54) is 61.5 Å². The average molecular weight is 418 g/mol. The summed E-state index contributed by atoms with van der Waals surface area (Å²) in [6.07, 6.45) is 0. The second kappa shape index (κ2) is 7.71. The van der Waals surface area contributed by atoms with Crippen LogP contribution < -0.4 is 14.4 Å². The highest BCUT2D eigenvalue weighted by molar-refractivity contribution is 6.35. The number of rotatable bonds is 5. The first-order valence-electron chi connectivity index (χ1n) is 9.08. The summed E-state index contributed by atoms with van der Waals surface area (Å²) in [5.41, 5.74) is 0.381.